The molecule has 1 atom stereocenters. The molecule has 1 aliphatic rings. The molecule has 0 fully saturated rings. The van der Waals surface area contributed by atoms with Crippen LogP contribution in [0.2, 0.25) is 0 Å². The number of benzene rings is 2. The number of carbonyl (C=O) groups is 1. The van der Waals surface area contributed by atoms with Crippen molar-refractivity contribution in [3.05, 3.63) is 76.7 Å². The molecular weight excluding hydrogens is 350 g/mol. The zero-order chi connectivity index (χ0) is 20.0. The Morgan fingerprint density at radius 1 is 1.00 bits per heavy atom. The topological polar surface area (TPSA) is 75.3 Å². The zero-order valence-electron chi connectivity index (χ0n) is 16.5. The number of aryl methyl sites for hydroxylation is 2. The molecule has 0 saturated carbocycles. The summed E-state index contributed by atoms with van der Waals surface area (Å²) in [4.78, 5) is 25.7. The SMILES string of the molecule is Cc1ccc(C(N)c2ncc3c(n2)N(C)c2ccccc2C(=O)N3C)c(C)c1. The third-order valence-corrected chi connectivity index (χ3v) is 5.29. The lowest BCUT2D eigenvalue weighted by molar-refractivity contribution is 0.0994. The van der Waals surface area contributed by atoms with Crippen LogP contribution in [0.1, 0.15) is 38.9 Å². The van der Waals surface area contributed by atoms with Gasteiger partial charge in [-0.25, -0.2) is 9.97 Å². The molecule has 0 bridgehead atoms. The van der Waals surface area contributed by atoms with Crippen molar-refractivity contribution in [2.45, 2.75) is 19.9 Å². The van der Waals surface area contributed by atoms with E-state index >= 15 is 0 Å². The number of nitrogens with two attached hydrogens (primary N) is 1. The minimum Gasteiger partial charge on any atom is -0.327 e. The van der Waals surface area contributed by atoms with Gasteiger partial charge >= 0.3 is 0 Å². The van der Waals surface area contributed by atoms with Crippen LogP contribution in [0.25, 0.3) is 0 Å². The molecule has 1 aliphatic heterocycles. The minimum atomic E-state index is -0.446. The number of hydrogen-bond donors (Lipinski definition) is 1. The molecule has 0 aliphatic carbocycles. The average molecular weight is 373 g/mol. The van der Waals surface area contributed by atoms with Crippen LogP contribution < -0.4 is 15.5 Å². The summed E-state index contributed by atoms with van der Waals surface area (Å²) >= 11 is 0. The van der Waals surface area contributed by atoms with Gasteiger partial charge < -0.3 is 15.5 Å². The maximum absolute atomic E-state index is 12.9. The van der Waals surface area contributed by atoms with Crippen molar-refractivity contribution >= 4 is 23.1 Å². The van der Waals surface area contributed by atoms with Crippen molar-refractivity contribution in [2.24, 2.45) is 5.73 Å². The van der Waals surface area contributed by atoms with Crippen LogP contribution >= 0.6 is 0 Å². The molecule has 3 aromatic rings. The Hall–Kier alpha value is -3.25. The largest absolute Gasteiger partial charge is 0.327 e. The Balaban J connectivity index is 1.83. The van der Waals surface area contributed by atoms with E-state index in [1.54, 1.807) is 18.1 Å². The van der Waals surface area contributed by atoms with E-state index in [0.717, 1.165) is 16.8 Å². The number of para-hydroxylation sites is 1. The average Bonchev–Trinajstić information content (AvgIpc) is 2.78. The second-order valence-electron chi connectivity index (χ2n) is 7.22. The Morgan fingerprint density at radius 2 is 1.75 bits per heavy atom. The van der Waals surface area contributed by atoms with Gasteiger partial charge in [0, 0.05) is 14.1 Å². The van der Waals surface area contributed by atoms with E-state index in [2.05, 4.69) is 18.0 Å². The summed E-state index contributed by atoms with van der Waals surface area (Å²) in [5.74, 6) is 1.10. The predicted octanol–water partition coefficient (Wildman–Crippen LogP) is 3.50. The Bertz CT molecular complexity index is 1080. The molecule has 2 aromatic carbocycles. The van der Waals surface area contributed by atoms with Crippen LogP contribution in [0.15, 0.2) is 48.7 Å². The summed E-state index contributed by atoms with van der Waals surface area (Å²) in [5, 5.41) is 0. The monoisotopic (exact) mass is 373 g/mol. The third-order valence-electron chi connectivity index (χ3n) is 5.29. The van der Waals surface area contributed by atoms with E-state index in [-0.39, 0.29) is 5.91 Å². The lowest BCUT2D eigenvalue weighted by Gasteiger charge is -2.22. The first-order valence-corrected chi connectivity index (χ1v) is 9.19. The van der Waals surface area contributed by atoms with Gasteiger partial charge in [-0.2, -0.15) is 0 Å². The van der Waals surface area contributed by atoms with Crippen LogP contribution in [0.3, 0.4) is 0 Å². The molecule has 1 unspecified atom stereocenters. The van der Waals surface area contributed by atoms with Crippen molar-refractivity contribution in [1.82, 2.24) is 9.97 Å². The number of rotatable bonds is 2. The first-order valence-electron chi connectivity index (χ1n) is 9.19. The van der Waals surface area contributed by atoms with Crippen molar-refractivity contribution in [3.63, 3.8) is 0 Å². The standard InChI is InChI=1S/C22H23N5O/c1-13-9-10-15(14(2)11-13)19(23)20-24-12-18-21(25-20)26(3)17-8-6-5-7-16(17)22(28)27(18)4/h5-12,19H,23H2,1-4H3. The van der Waals surface area contributed by atoms with Gasteiger partial charge in [-0.05, 0) is 37.1 Å². The number of aromatic nitrogens is 2. The Morgan fingerprint density at radius 3 is 2.50 bits per heavy atom. The van der Waals surface area contributed by atoms with Crippen LogP contribution in [0.4, 0.5) is 17.2 Å². The molecule has 0 spiro atoms. The highest BCUT2D eigenvalue weighted by Crippen LogP contribution is 2.38. The highest BCUT2D eigenvalue weighted by molar-refractivity contribution is 6.13. The summed E-state index contributed by atoms with van der Waals surface area (Å²) in [6.45, 7) is 4.10. The number of carbonyl (C=O) groups excluding carboxylic acids is 1. The van der Waals surface area contributed by atoms with E-state index in [1.165, 1.54) is 5.56 Å². The molecule has 2 N–H and O–H groups in total. The molecule has 0 radical (unpaired) electrons. The molecule has 1 amide bonds. The zero-order valence-corrected chi connectivity index (χ0v) is 16.5. The maximum Gasteiger partial charge on any atom is 0.260 e. The van der Waals surface area contributed by atoms with Crippen LogP contribution in [0, 0.1) is 13.8 Å². The second-order valence-corrected chi connectivity index (χ2v) is 7.22. The van der Waals surface area contributed by atoms with Crippen molar-refractivity contribution in [3.8, 4) is 0 Å². The molecule has 4 rings (SSSR count). The first kappa shape index (κ1) is 18.1. The lowest BCUT2D eigenvalue weighted by atomic mass is 9.99. The summed E-state index contributed by atoms with van der Waals surface area (Å²) in [7, 11) is 3.65. The molecular formula is C22H23N5O. The number of hydrogen-bond acceptors (Lipinski definition) is 5. The number of nitrogens with zero attached hydrogens (tertiary/aromatic N) is 4. The lowest BCUT2D eigenvalue weighted by Crippen LogP contribution is -2.26. The molecule has 2 heterocycles. The van der Waals surface area contributed by atoms with E-state index in [4.69, 9.17) is 10.7 Å². The van der Waals surface area contributed by atoms with Crippen LogP contribution in [-0.4, -0.2) is 30.0 Å². The molecule has 1 aromatic heterocycles. The fourth-order valence-electron chi connectivity index (χ4n) is 3.68. The van der Waals surface area contributed by atoms with E-state index < -0.39 is 6.04 Å². The van der Waals surface area contributed by atoms with Crippen LogP contribution in [0.5, 0.6) is 0 Å². The van der Waals surface area contributed by atoms with Gasteiger partial charge in [0.05, 0.1) is 23.5 Å². The van der Waals surface area contributed by atoms with Crippen molar-refractivity contribution in [1.29, 1.82) is 0 Å². The van der Waals surface area contributed by atoms with Gasteiger partial charge in [0.25, 0.3) is 5.91 Å². The van der Waals surface area contributed by atoms with Gasteiger partial charge in [-0.1, -0.05) is 35.9 Å². The summed E-state index contributed by atoms with van der Waals surface area (Å²) in [6.07, 6.45) is 1.68. The maximum atomic E-state index is 12.9. The molecule has 6 nitrogen and oxygen atoms in total. The minimum absolute atomic E-state index is 0.0868. The number of amides is 1. The van der Waals surface area contributed by atoms with E-state index in [1.807, 2.05) is 55.3 Å². The first-order chi connectivity index (χ1) is 13.4. The highest BCUT2D eigenvalue weighted by Gasteiger charge is 2.29. The van der Waals surface area contributed by atoms with E-state index in [9.17, 15) is 4.79 Å². The number of anilines is 3. The molecule has 28 heavy (non-hydrogen) atoms. The fraction of sp³-hybridized carbons (Fsp3) is 0.227. The quantitative estimate of drug-likeness (QED) is 0.744. The molecule has 6 heteroatoms. The normalized spacial score (nSPS) is 14.4. The Kier molecular flexibility index (Phi) is 4.35. The number of fused-ring (bicyclic) bond motifs is 2. The van der Waals surface area contributed by atoms with Gasteiger partial charge in [0.1, 0.15) is 5.69 Å². The summed E-state index contributed by atoms with van der Waals surface area (Å²) < 4.78 is 0. The highest BCUT2D eigenvalue weighted by atomic mass is 16.2. The third kappa shape index (κ3) is 2.82. The smallest absolute Gasteiger partial charge is 0.260 e. The molecule has 142 valence electrons. The summed E-state index contributed by atoms with van der Waals surface area (Å²) in [5.41, 5.74) is 11.9. The van der Waals surface area contributed by atoms with Gasteiger partial charge in [-0.15, -0.1) is 0 Å². The molecule has 0 saturated heterocycles. The van der Waals surface area contributed by atoms with Crippen molar-refractivity contribution < 1.29 is 4.79 Å². The van der Waals surface area contributed by atoms with Gasteiger partial charge in [-0.3, -0.25) is 4.79 Å². The van der Waals surface area contributed by atoms with E-state index in [0.29, 0.717) is 22.9 Å². The fourth-order valence-corrected chi connectivity index (χ4v) is 3.68. The van der Waals surface area contributed by atoms with Crippen LogP contribution in [-0.2, 0) is 0 Å². The Labute approximate surface area is 164 Å². The summed E-state index contributed by atoms with van der Waals surface area (Å²) in [6, 6.07) is 13.2. The van der Waals surface area contributed by atoms with Crippen molar-refractivity contribution in [2.75, 3.05) is 23.9 Å². The predicted molar refractivity (Wildman–Crippen MR) is 111 cm³/mol. The second kappa shape index (κ2) is 6.73. The van der Waals surface area contributed by atoms with Gasteiger partial charge in [0.2, 0.25) is 0 Å². The van der Waals surface area contributed by atoms with Gasteiger partial charge in [0.15, 0.2) is 11.6 Å².